The number of aliphatic hydroxyl groups is 1. The molecule has 5 heteroatoms. The summed E-state index contributed by atoms with van der Waals surface area (Å²) in [5.41, 5.74) is 0.837. The van der Waals surface area contributed by atoms with Crippen molar-refractivity contribution in [3.8, 4) is 0 Å². The molecule has 1 aromatic carbocycles. The molecule has 20 heavy (non-hydrogen) atoms. The molecule has 0 amide bonds. The lowest BCUT2D eigenvalue weighted by molar-refractivity contribution is 0.255. The first-order chi connectivity index (χ1) is 9.74. The van der Waals surface area contributed by atoms with Crippen LogP contribution in [0.15, 0.2) is 24.3 Å². The number of anilines is 1. The summed E-state index contributed by atoms with van der Waals surface area (Å²) in [6.45, 7) is 3.16. The molecule has 0 spiro atoms. The van der Waals surface area contributed by atoms with Crippen LogP contribution in [0.5, 0.6) is 0 Å². The average molecular weight is 294 g/mol. The van der Waals surface area contributed by atoms with Crippen molar-refractivity contribution in [2.75, 3.05) is 18.5 Å². The molecular formula is C15H20ClN3O. The van der Waals surface area contributed by atoms with E-state index in [1.54, 1.807) is 0 Å². The second-order valence-corrected chi connectivity index (χ2v) is 5.24. The Morgan fingerprint density at radius 2 is 2.05 bits per heavy atom. The number of nitrogens with zero attached hydrogens (tertiary/aromatic N) is 2. The van der Waals surface area contributed by atoms with Gasteiger partial charge in [-0.1, -0.05) is 25.5 Å². The lowest BCUT2D eigenvalue weighted by atomic mass is 10.0. The zero-order chi connectivity index (χ0) is 14.4. The summed E-state index contributed by atoms with van der Waals surface area (Å²) in [4.78, 5) is 8.48. The molecule has 0 aliphatic carbocycles. The molecule has 0 saturated carbocycles. The van der Waals surface area contributed by atoms with Crippen molar-refractivity contribution < 1.29 is 5.11 Å². The number of hydrogen-bond donors (Lipinski definition) is 2. The average Bonchev–Trinajstić information content (AvgIpc) is 2.44. The normalized spacial score (nSPS) is 12.6. The summed E-state index contributed by atoms with van der Waals surface area (Å²) in [5.74, 6) is 1.21. The van der Waals surface area contributed by atoms with Gasteiger partial charge in [-0.3, -0.25) is 0 Å². The van der Waals surface area contributed by atoms with E-state index in [1.165, 1.54) is 0 Å². The Balaban J connectivity index is 2.16. The van der Waals surface area contributed by atoms with E-state index in [1.807, 2.05) is 24.3 Å². The van der Waals surface area contributed by atoms with Crippen molar-refractivity contribution in [3.63, 3.8) is 0 Å². The van der Waals surface area contributed by atoms with Crippen LogP contribution in [0, 0.1) is 5.92 Å². The molecule has 108 valence electrons. The fraction of sp³-hybridized carbons (Fsp3) is 0.467. The summed E-state index contributed by atoms with van der Waals surface area (Å²) < 4.78 is 0. The predicted octanol–water partition coefficient (Wildman–Crippen LogP) is 3.49. The van der Waals surface area contributed by atoms with Crippen LogP contribution in [0.2, 0.25) is 5.28 Å². The molecule has 0 fully saturated rings. The number of hydrogen-bond acceptors (Lipinski definition) is 4. The third-order valence-corrected chi connectivity index (χ3v) is 3.54. The van der Waals surface area contributed by atoms with Crippen LogP contribution in [0.25, 0.3) is 10.9 Å². The highest BCUT2D eigenvalue weighted by molar-refractivity contribution is 6.28. The third kappa shape index (κ3) is 3.81. The quantitative estimate of drug-likeness (QED) is 0.767. The van der Waals surface area contributed by atoms with Crippen LogP contribution < -0.4 is 5.32 Å². The largest absolute Gasteiger partial charge is 0.396 e. The number of rotatable bonds is 7. The summed E-state index contributed by atoms with van der Waals surface area (Å²) in [6, 6.07) is 7.79. The molecule has 0 saturated heterocycles. The first kappa shape index (κ1) is 15.0. The van der Waals surface area contributed by atoms with Crippen LogP contribution in [0.3, 0.4) is 0 Å². The molecular weight excluding hydrogens is 274 g/mol. The van der Waals surface area contributed by atoms with Gasteiger partial charge in [-0.25, -0.2) is 9.97 Å². The van der Waals surface area contributed by atoms with Crippen molar-refractivity contribution in [1.82, 2.24) is 9.97 Å². The fourth-order valence-electron chi connectivity index (χ4n) is 2.36. The molecule has 0 radical (unpaired) electrons. The number of aliphatic hydroxyl groups excluding tert-OH is 1. The first-order valence-corrected chi connectivity index (χ1v) is 7.39. The van der Waals surface area contributed by atoms with Crippen molar-refractivity contribution >= 4 is 28.3 Å². The Kier molecular flexibility index (Phi) is 5.56. The topological polar surface area (TPSA) is 58.0 Å². The summed E-state index contributed by atoms with van der Waals surface area (Å²) in [6.07, 6.45) is 3.00. The van der Waals surface area contributed by atoms with E-state index in [0.29, 0.717) is 5.92 Å². The van der Waals surface area contributed by atoms with Gasteiger partial charge in [0.15, 0.2) is 0 Å². The van der Waals surface area contributed by atoms with E-state index in [9.17, 15) is 0 Å². The maximum Gasteiger partial charge on any atom is 0.224 e. The standard InChI is InChI=1S/C15H20ClN3O/c1-2-5-11(8-9-20)10-17-14-12-6-3-4-7-13(12)18-15(16)19-14/h3-4,6-7,11,20H,2,5,8-10H2,1H3,(H,17,18,19). The van der Waals surface area contributed by atoms with E-state index in [4.69, 9.17) is 16.7 Å². The van der Waals surface area contributed by atoms with Gasteiger partial charge in [-0.15, -0.1) is 0 Å². The van der Waals surface area contributed by atoms with Crippen LogP contribution in [0.4, 0.5) is 5.82 Å². The SMILES string of the molecule is CCCC(CCO)CNc1nc(Cl)nc2ccccc12. The Bertz CT molecular complexity index is 556. The number of fused-ring (bicyclic) bond motifs is 1. The van der Waals surface area contributed by atoms with Gasteiger partial charge in [0, 0.05) is 18.5 Å². The Morgan fingerprint density at radius 3 is 2.80 bits per heavy atom. The maximum atomic E-state index is 9.10. The third-order valence-electron chi connectivity index (χ3n) is 3.37. The monoisotopic (exact) mass is 293 g/mol. The first-order valence-electron chi connectivity index (χ1n) is 7.01. The van der Waals surface area contributed by atoms with Crippen molar-refractivity contribution in [1.29, 1.82) is 0 Å². The molecule has 1 atom stereocenters. The van der Waals surface area contributed by atoms with Crippen molar-refractivity contribution in [2.24, 2.45) is 5.92 Å². The Hall–Kier alpha value is -1.39. The van der Waals surface area contributed by atoms with Crippen molar-refractivity contribution in [2.45, 2.75) is 26.2 Å². The van der Waals surface area contributed by atoms with Crippen LogP contribution in [0.1, 0.15) is 26.2 Å². The van der Waals surface area contributed by atoms with Gasteiger partial charge in [0.05, 0.1) is 5.52 Å². The van der Waals surface area contributed by atoms with Gasteiger partial charge in [0.2, 0.25) is 5.28 Å². The maximum absolute atomic E-state index is 9.10. The van der Waals surface area contributed by atoms with E-state index in [-0.39, 0.29) is 11.9 Å². The Labute approximate surface area is 124 Å². The van der Waals surface area contributed by atoms with Gasteiger partial charge in [0.25, 0.3) is 0 Å². The molecule has 2 N–H and O–H groups in total. The fourth-order valence-corrected chi connectivity index (χ4v) is 2.54. The number of nitrogens with one attached hydrogen (secondary N) is 1. The second-order valence-electron chi connectivity index (χ2n) is 4.91. The number of aromatic nitrogens is 2. The number of benzene rings is 1. The minimum absolute atomic E-state index is 0.220. The second kappa shape index (κ2) is 7.41. The minimum Gasteiger partial charge on any atom is -0.396 e. The lowest BCUT2D eigenvalue weighted by Gasteiger charge is -2.17. The smallest absolute Gasteiger partial charge is 0.224 e. The zero-order valence-electron chi connectivity index (χ0n) is 11.6. The molecule has 2 aromatic rings. The predicted molar refractivity (Wildman–Crippen MR) is 83.1 cm³/mol. The molecule has 1 aromatic heterocycles. The summed E-state index contributed by atoms with van der Waals surface area (Å²) >= 11 is 5.96. The van der Waals surface area contributed by atoms with Crippen molar-refractivity contribution in [3.05, 3.63) is 29.5 Å². The number of halogens is 1. The number of para-hydroxylation sites is 1. The molecule has 0 bridgehead atoms. The highest BCUT2D eigenvalue weighted by atomic mass is 35.5. The van der Waals surface area contributed by atoms with Crippen LogP contribution >= 0.6 is 11.6 Å². The molecule has 0 aliphatic rings. The molecule has 4 nitrogen and oxygen atoms in total. The zero-order valence-corrected chi connectivity index (χ0v) is 12.4. The van der Waals surface area contributed by atoms with Gasteiger partial charge < -0.3 is 10.4 Å². The van der Waals surface area contributed by atoms with E-state index in [2.05, 4.69) is 22.2 Å². The van der Waals surface area contributed by atoms with Gasteiger partial charge >= 0.3 is 0 Å². The highest BCUT2D eigenvalue weighted by Crippen LogP contribution is 2.22. The van der Waals surface area contributed by atoms with Gasteiger partial charge in [-0.05, 0) is 42.5 Å². The highest BCUT2D eigenvalue weighted by Gasteiger charge is 2.10. The molecule has 2 rings (SSSR count). The van der Waals surface area contributed by atoms with E-state index >= 15 is 0 Å². The summed E-state index contributed by atoms with van der Waals surface area (Å²) in [7, 11) is 0. The van der Waals surface area contributed by atoms with Gasteiger partial charge in [0.1, 0.15) is 5.82 Å². The van der Waals surface area contributed by atoms with Gasteiger partial charge in [-0.2, -0.15) is 0 Å². The lowest BCUT2D eigenvalue weighted by Crippen LogP contribution is -2.16. The molecule has 1 unspecified atom stereocenters. The van der Waals surface area contributed by atoms with E-state index < -0.39 is 0 Å². The molecule has 1 heterocycles. The van der Waals surface area contributed by atoms with Crippen LogP contribution in [-0.2, 0) is 0 Å². The van der Waals surface area contributed by atoms with Crippen LogP contribution in [-0.4, -0.2) is 28.2 Å². The van der Waals surface area contributed by atoms with E-state index in [0.717, 1.165) is 42.5 Å². The summed E-state index contributed by atoms with van der Waals surface area (Å²) in [5, 5.41) is 13.7. The minimum atomic E-state index is 0.220. The Morgan fingerprint density at radius 1 is 1.25 bits per heavy atom. The molecule has 0 aliphatic heterocycles.